The molecular weight excluding hydrogens is 528 g/mol. The molecule has 0 atom stereocenters. The SMILES string of the molecule is CNCCOc1ccc2nc(NC(=O)/C(=N/N3CCCC3)c3ccc(S(=O)(=O)CCCOC)cc3)sc2n1. The summed E-state index contributed by atoms with van der Waals surface area (Å²) in [6.07, 6.45) is 2.41. The van der Waals surface area contributed by atoms with E-state index >= 15 is 0 Å². The largest absolute Gasteiger partial charge is 0.476 e. The van der Waals surface area contributed by atoms with E-state index in [-0.39, 0.29) is 16.4 Å². The maximum absolute atomic E-state index is 13.4. The Labute approximate surface area is 226 Å². The second kappa shape index (κ2) is 13.1. The van der Waals surface area contributed by atoms with Crippen LogP contribution in [0.25, 0.3) is 10.3 Å². The number of amides is 1. The van der Waals surface area contributed by atoms with Crippen LogP contribution < -0.4 is 15.4 Å². The molecule has 0 spiro atoms. The molecule has 2 aromatic heterocycles. The Bertz CT molecular complexity index is 1370. The highest BCUT2D eigenvalue weighted by Crippen LogP contribution is 2.26. The molecule has 3 aromatic rings. The topological polar surface area (TPSA) is 135 Å². The van der Waals surface area contributed by atoms with E-state index in [0.29, 0.717) is 53.1 Å². The number of carbonyl (C=O) groups is 1. The molecule has 0 radical (unpaired) electrons. The number of rotatable bonds is 13. The molecule has 0 bridgehead atoms. The van der Waals surface area contributed by atoms with Gasteiger partial charge < -0.3 is 14.8 Å². The predicted octanol–water partition coefficient (Wildman–Crippen LogP) is 2.54. The molecule has 2 N–H and O–H groups in total. The van der Waals surface area contributed by atoms with Crippen molar-refractivity contribution in [3.8, 4) is 5.88 Å². The van der Waals surface area contributed by atoms with Gasteiger partial charge in [0.05, 0.1) is 10.6 Å². The minimum absolute atomic E-state index is 0.0106. The van der Waals surface area contributed by atoms with Gasteiger partial charge in [0.15, 0.2) is 20.7 Å². The van der Waals surface area contributed by atoms with Crippen molar-refractivity contribution in [1.82, 2.24) is 20.3 Å². The molecular formula is C25H32N6O5S2. The van der Waals surface area contributed by atoms with Crippen LogP contribution in [0.3, 0.4) is 0 Å². The van der Waals surface area contributed by atoms with Crippen molar-refractivity contribution in [3.63, 3.8) is 0 Å². The van der Waals surface area contributed by atoms with Crippen molar-refractivity contribution < 1.29 is 22.7 Å². The van der Waals surface area contributed by atoms with Crippen LogP contribution in [0.15, 0.2) is 46.4 Å². The average Bonchev–Trinajstić information content (AvgIpc) is 3.56. The van der Waals surface area contributed by atoms with Crippen LogP contribution in [0.5, 0.6) is 5.88 Å². The molecule has 0 saturated carbocycles. The van der Waals surface area contributed by atoms with Crippen LogP contribution in [0.2, 0.25) is 0 Å². The predicted molar refractivity (Wildman–Crippen MR) is 148 cm³/mol. The maximum atomic E-state index is 13.4. The molecule has 1 saturated heterocycles. The fourth-order valence-electron chi connectivity index (χ4n) is 3.86. The first-order valence-corrected chi connectivity index (χ1v) is 14.9. The van der Waals surface area contributed by atoms with E-state index in [1.54, 1.807) is 24.3 Å². The summed E-state index contributed by atoms with van der Waals surface area (Å²) in [6, 6.07) is 9.81. The maximum Gasteiger partial charge on any atom is 0.278 e. The Morgan fingerprint density at radius 1 is 1.11 bits per heavy atom. The first-order valence-electron chi connectivity index (χ1n) is 12.4. The summed E-state index contributed by atoms with van der Waals surface area (Å²) >= 11 is 1.24. The number of nitrogens with one attached hydrogen (secondary N) is 2. The monoisotopic (exact) mass is 560 g/mol. The molecule has 1 aliphatic heterocycles. The van der Waals surface area contributed by atoms with Gasteiger partial charge in [0, 0.05) is 45.0 Å². The molecule has 11 nitrogen and oxygen atoms in total. The number of likely N-dealkylation sites (N-methyl/N-ethyl adjacent to an activating group) is 1. The summed E-state index contributed by atoms with van der Waals surface area (Å²) in [5.74, 6) is 0.0449. The Hall–Kier alpha value is -3.13. The third-order valence-electron chi connectivity index (χ3n) is 5.84. The Morgan fingerprint density at radius 3 is 2.58 bits per heavy atom. The zero-order chi connectivity index (χ0) is 27.0. The number of ether oxygens (including phenoxy) is 2. The van der Waals surface area contributed by atoms with Crippen LogP contribution >= 0.6 is 11.3 Å². The summed E-state index contributed by atoms with van der Waals surface area (Å²) in [6.45, 7) is 3.06. The lowest BCUT2D eigenvalue weighted by Crippen LogP contribution is -2.27. The summed E-state index contributed by atoms with van der Waals surface area (Å²) in [5, 5.41) is 12.7. The molecule has 1 fully saturated rings. The molecule has 0 unspecified atom stereocenters. The molecule has 1 aromatic carbocycles. The van der Waals surface area contributed by atoms with E-state index in [9.17, 15) is 13.2 Å². The Kier molecular flexibility index (Phi) is 9.61. The fourth-order valence-corrected chi connectivity index (χ4v) is 5.96. The second-order valence-electron chi connectivity index (χ2n) is 8.70. The zero-order valence-electron chi connectivity index (χ0n) is 21.5. The molecule has 38 heavy (non-hydrogen) atoms. The summed E-state index contributed by atoms with van der Waals surface area (Å²) in [4.78, 5) is 23.2. The van der Waals surface area contributed by atoms with Crippen LogP contribution in [0.1, 0.15) is 24.8 Å². The van der Waals surface area contributed by atoms with Gasteiger partial charge in [-0.25, -0.2) is 18.4 Å². The lowest BCUT2D eigenvalue weighted by molar-refractivity contribution is -0.110. The number of benzene rings is 1. The summed E-state index contributed by atoms with van der Waals surface area (Å²) in [7, 11) is -0.0662. The summed E-state index contributed by atoms with van der Waals surface area (Å²) in [5.41, 5.74) is 1.36. The van der Waals surface area contributed by atoms with Crippen molar-refractivity contribution in [2.24, 2.45) is 5.10 Å². The van der Waals surface area contributed by atoms with Gasteiger partial charge in [-0.3, -0.25) is 15.1 Å². The number of thiazole rings is 1. The number of aromatic nitrogens is 2. The van der Waals surface area contributed by atoms with E-state index in [0.717, 1.165) is 25.9 Å². The second-order valence-corrected chi connectivity index (χ2v) is 11.8. The van der Waals surface area contributed by atoms with Crippen molar-refractivity contribution in [2.45, 2.75) is 24.2 Å². The highest BCUT2D eigenvalue weighted by Gasteiger charge is 2.21. The number of methoxy groups -OCH3 is 1. The number of hydrazone groups is 1. The highest BCUT2D eigenvalue weighted by molar-refractivity contribution is 7.91. The normalized spacial score (nSPS) is 14.3. The van der Waals surface area contributed by atoms with E-state index in [2.05, 4.69) is 25.7 Å². The zero-order valence-corrected chi connectivity index (χ0v) is 23.1. The van der Waals surface area contributed by atoms with E-state index in [1.165, 1.54) is 30.6 Å². The third kappa shape index (κ3) is 7.25. The minimum Gasteiger partial charge on any atom is -0.476 e. The molecule has 3 heterocycles. The number of pyridine rings is 1. The Morgan fingerprint density at radius 2 is 1.87 bits per heavy atom. The van der Waals surface area contributed by atoms with Crippen molar-refractivity contribution in [2.75, 3.05) is 58.1 Å². The number of carbonyl (C=O) groups excluding carboxylic acids is 1. The van der Waals surface area contributed by atoms with Crippen molar-refractivity contribution >= 4 is 48.3 Å². The van der Waals surface area contributed by atoms with E-state index in [4.69, 9.17) is 9.47 Å². The average molecular weight is 561 g/mol. The van der Waals surface area contributed by atoms with Crippen LogP contribution in [0, 0.1) is 0 Å². The van der Waals surface area contributed by atoms with Gasteiger partial charge in [-0.05, 0) is 44.5 Å². The number of sulfone groups is 1. The van der Waals surface area contributed by atoms with Crippen molar-refractivity contribution in [1.29, 1.82) is 0 Å². The van der Waals surface area contributed by atoms with Gasteiger partial charge in [0.2, 0.25) is 5.88 Å². The molecule has 13 heteroatoms. The number of hydrogen-bond donors (Lipinski definition) is 2. The van der Waals surface area contributed by atoms with Gasteiger partial charge in [-0.2, -0.15) is 5.10 Å². The molecule has 1 amide bonds. The standard InChI is InChI=1S/C25H32N6O5S2/c1-26-12-16-36-21-11-10-20-24(28-21)37-25(27-20)29-23(32)22(30-31-13-3-4-14-31)18-6-8-19(9-7-18)38(33,34)17-5-15-35-2/h6-11,26H,3-5,12-17H2,1-2H3,(H,27,29,32)/b30-22+. The van der Waals surface area contributed by atoms with Gasteiger partial charge in [-0.15, -0.1) is 0 Å². The lowest BCUT2D eigenvalue weighted by Gasteiger charge is -2.14. The Balaban J connectivity index is 1.54. The van der Waals surface area contributed by atoms with Crippen LogP contribution in [-0.4, -0.2) is 87.8 Å². The molecule has 204 valence electrons. The number of hydrogen-bond acceptors (Lipinski definition) is 11. The molecule has 1 aliphatic rings. The number of fused-ring (bicyclic) bond motifs is 1. The van der Waals surface area contributed by atoms with Gasteiger partial charge in [0.1, 0.15) is 17.0 Å². The van der Waals surface area contributed by atoms with Gasteiger partial charge in [0.25, 0.3) is 5.91 Å². The first kappa shape index (κ1) is 27.9. The van der Waals surface area contributed by atoms with Gasteiger partial charge in [-0.1, -0.05) is 23.5 Å². The highest BCUT2D eigenvalue weighted by atomic mass is 32.2. The smallest absolute Gasteiger partial charge is 0.278 e. The third-order valence-corrected chi connectivity index (χ3v) is 8.54. The summed E-state index contributed by atoms with van der Waals surface area (Å²) < 4.78 is 35.8. The number of nitrogens with zero attached hydrogens (tertiary/aromatic N) is 4. The molecule has 0 aliphatic carbocycles. The van der Waals surface area contributed by atoms with E-state index < -0.39 is 15.7 Å². The minimum atomic E-state index is -3.45. The van der Waals surface area contributed by atoms with Crippen LogP contribution in [-0.2, 0) is 19.4 Å². The van der Waals surface area contributed by atoms with Gasteiger partial charge >= 0.3 is 0 Å². The first-order chi connectivity index (χ1) is 18.4. The van der Waals surface area contributed by atoms with E-state index in [1.807, 2.05) is 12.1 Å². The fraction of sp³-hybridized carbons (Fsp3) is 0.440. The van der Waals surface area contributed by atoms with Crippen molar-refractivity contribution in [3.05, 3.63) is 42.0 Å². The van der Waals surface area contributed by atoms with Crippen LogP contribution in [0.4, 0.5) is 5.13 Å². The lowest BCUT2D eigenvalue weighted by atomic mass is 10.1. The number of anilines is 1. The molecule has 4 rings (SSSR count). The quantitative estimate of drug-likeness (QED) is 0.239.